The van der Waals surface area contributed by atoms with Crippen LogP contribution >= 0.6 is 0 Å². The number of hydrogen-bond acceptors (Lipinski definition) is 8. The zero-order chi connectivity index (χ0) is 28.3. The molecule has 0 bridgehead atoms. The van der Waals surface area contributed by atoms with Gasteiger partial charge in [-0.3, -0.25) is 9.52 Å². The number of halogens is 4. The largest absolute Gasteiger partial charge is 0.395 e. The molecule has 3 heterocycles. The van der Waals surface area contributed by atoms with Crippen LogP contribution in [0.2, 0.25) is 0 Å². The van der Waals surface area contributed by atoms with E-state index >= 15 is 0 Å². The van der Waals surface area contributed by atoms with Crippen molar-refractivity contribution in [1.29, 1.82) is 0 Å². The molecule has 3 N–H and O–H groups in total. The van der Waals surface area contributed by atoms with Gasteiger partial charge in [0.15, 0.2) is 0 Å². The van der Waals surface area contributed by atoms with Crippen molar-refractivity contribution in [2.75, 3.05) is 58.4 Å². The molecule has 210 valence electrons. The fraction of sp³-hybridized carbons (Fsp3) is 0.375. The van der Waals surface area contributed by atoms with Crippen LogP contribution in [-0.4, -0.2) is 67.9 Å². The Morgan fingerprint density at radius 3 is 2.28 bits per heavy atom. The molecule has 2 aliphatic heterocycles. The van der Waals surface area contributed by atoms with Crippen molar-refractivity contribution in [3.8, 4) is 0 Å². The number of aliphatic hydroxyl groups excluding tert-OH is 1. The Kier molecular flexibility index (Phi) is 8.39. The Bertz CT molecular complexity index is 1420. The van der Waals surface area contributed by atoms with Crippen LogP contribution in [-0.2, 0) is 10.0 Å². The van der Waals surface area contributed by atoms with Crippen molar-refractivity contribution in [3.63, 3.8) is 0 Å². The molecule has 0 atom stereocenters. The second kappa shape index (κ2) is 11.6. The van der Waals surface area contributed by atoms with Gasteiger partial charge < -0.3 is 20.2 Å². The van der Waals surface area contributed by atoms with Gasteiger partial charge in [0, 0.05) is 43.5 Å². The maximum atomic E-state index is 13.3. The maximum Gasteiger partial charge on any atom is 0.273 e. The minimum absolute atomic E-state index is 0.0165. The third-order valence-electron chi connectivity index (χ3n) is 6.25. The van der Waals surface area contributed by atoms with Gasteiger partial charge in [-0.05, 0) is 43.5 Å². The zero-order valence-electron chi connectivity index (χ0n) is 20.8. The fourth-order valence-corrected chi connectivity index (χ4v) is 5.05. The number of aromatic nitrogens is 2. The number of carbonyl (C=O) groups excluding carboxylic acids is 1. The highest BCUT2D eigenvalue weighted by Gasteiger charge is 2.28. The van der Waals surface area contributed by atoms with E-state index in [4.69, 9.17) is 5.11 Å². The van der Waals surface area contributed by atoms with E-state index in [9.17, 15) is 30.8 Å². The van der Waals surface area contributed by atoms with E-state index in [-0.39, 0.29) is 73.2 Å². The quantitative estimate of drug-likeness (QED) is 0.412. The van der Waals surface area contributed by atoms with Gasteiger partial charge in [-0.2, -0.15) is 22.5 Å². The molecule has 1 aromatic heterocycles. The molecule has 1 amide bonds. The SMILES string of the molecule is Cc1cc(NC(=O)c2ccc(NS(=O)(=O)CCO)cc2N2CCC(=C(F)F)CC2)nc(N2CC(=C(F)F)C2)n1. The molecule has 0 spiro atoms. The third kappa shape index (κ3) is 6.84. The highest BCUT2D eigenvalue weighted by Crippen LogP contribution is 2.32. The summed E-state index contributed by atoms with van der Waals surface area (Å²) < 4.78 is 78.3. The number of hydrogen-bond donors (Lipinski definition) is 3. The van der Waals surface area contributed by atoms with Crippen LogP contribution < -0.4 is 19.8 Å². The summed E-state index contributed by atoms with van der Waals surface area (Å²) in [6, 6.07) is 5.71. The van der Waals surface area contributed by atoms with Gasteiger partial charge in [0.2, 0.25) is 16.0 Å². The number of amides is 1. The molecule has 0 unspecified atom stereocenters. The Labute approximate surface area is 222 Å². The normalized spacial score (nSPS) is 15.6. The van der Waals surface area contributed by atoms with Crippen molar-refractivity contribution in [3.05, 3.63) is 58.8 Å². The van der Waals surface area contributed by atoms with E-state index in [2.05, 4.69) is 20.0 Å². The van der Waals surface area contributed by atoms with E-state index in [1.807, 2.05) is 0 Å². The molecule has 4 rings (SSSR count). The molecule has 0 aliphatic carbocycles. The summed E-state index contributed by atoms with van der Waals surface area (Å²) in [7, 11) is -3.86. The number of aliphatic hydroxyl groups is 1. The summed E-state index contributed by atoms with van der Waals surface area (Å²) in [5.41, 5.74) is 1.09. The lowest BCUT2D eigenvalue weighted by Gasteiger charge is -2.33. The third-order valence-corrected chi connectivity index (χ3v) is 7.51. The van der Waals surface area contributed by atoms with Crippen LogP contribution in [0.4, 0.5) is 40.7 Å². The monoisotopic (exact) mass is 570 g/mol. The van der Waals surface area contributed by atoms with Gasteiger partial charge in [0.25, 0.3) is 18.1 Å². The number of rotatable bonds is 8. The number of nitrogens with one attached hydrogen (secondary N) is 2. The van der Waals surface area contributed by atoms with Crippen LogP contribution in [0.25, 0.3) is 0 Å². The van der Waals surface area contributed by atoms with Crippen molar-refractivity contribution < 1.29 is 35.9 Å². The van der Waals surface area contributed by atoms with Crippen molar-refractivity contribution >= 4 is 39.1 Å². The minimum atomic E-state index is -3.86. The van der Waals surface area contributed by atoms with Crippen LogP contribution in [0.3, 0.4) is 0 Å². The van der Waals surface area contributed by atoms with Gasteiger partial charge in [0.05, 0.1) is 29.3 Å². The molecule has 10 nitrogen and oxygen atoms in total. The van der Waals surface area contributed by atoms with Gasteiger partial charge in [-0.25, -0.2) is 13.4 Å². The first-order valence-corrected chi connectivity index (χ1v) is 13.6. The molecule has 2 aromatic rings. The van der Waals surface area contributed by atoms with Crippen molar-refractivity contribution in [1.82, 2.24) is 9.97 Å². The minimum Gasteiger partial charge on any atom is -0.395 e. The lowest BCUT2D eigenvalue weighted by Crippen LogP contribution is -2.41. The Morgan fingerprint density at radius 1 is 1.00 bits per heavy atom. The van der Waals surface area contributed by atoms with Gasteiger partial charge in [-0.1, -0.05) is 0 Å². The average Bonchev–Trinajstić information content (AvgIpc) is 2.82. The van der Waals surface area contributed by atoms with Crippen molar-refractivity contribution in [2.45, 2.75) is 19.8 Å². The second-order valence-electron chi connectivity index (χ2n) is 9.10. The summed E-state index contributed by atoms with van der Waals surface area (Å²) in [4.78, 5) is 25.1. The highest BCUT2D eigenvalue weighted by molar-refractivity contribution is 7.92. The first kappa shape index (κ1) is 28.3. The lowest BCUT2D eigenvalue weighted by atomic mass is 10.0. The summed E-state index contributed by atoms with van der Waals surface area (Å²) in [5.74, 6) is -0.828. The van der Waals surface area contributed by atoms with Crippen LogP contribution in [0, 0.1) is 6.92 Å². The van der Waals surface area contributed by atoms with Gasteiger partial charge in [-0.15, -0.1) is 0 Å². The summed E-state index contributed by atoms with van der Waals surface area (Å²) in [5, 5.41) is 11.7. The first-order valence-electron chi connectivity index (χ1n) is 11.9. The second-order valence-corrected chi connectivity index (χ2v) is 10.9. The lowest BCUT2D eigenvalue weighted by molar-refractivity contribution is 0.102. The molecule has 39 heavy (non-hydrogen) atoms. The molecule has 0 saturated carbocycles. The first-order chi connectivity index (χ1) is 18.5. The van der Waals surface area contributed by atoms with Crippen LogP contribution in [0.1, 0.15) is 28.9 Å². The smallest absolute Gasteiger partial charge is 0.273 e. The summed E-state index contributed by atoms with van der Waals surface area (Å²) >= 11 is 0. The average molecular weight is 571 g/mol. The van der Waals surface area contributed by atoms with Gasteiger partial charge in [0.1, 0.15) is 5.82 Å². The number of sulfonamides is 1. The Morgan fingerprint density at radius 2 is 1.67 bits per heavy atom. The predicted octanol–water partition coefficient (Wildman–Crippen LogP) is 3.49. The van der Waals surface area contributed by atoms with E-state index in [1.165, 1.54) is 29.2 Å². The van der Waals surface area contributed by atoms with Gasteiger partial charge >= 0.3 is 0 Å². The molecule has 0 radical (unpaired) electrons. The fourth-order valence-electron chi connectivity index (χ4n) is 4.22. The molecule has 2 aliphatic rings. The van der Waals surface area contributed by atoms with Crippen LogP contribution in [0.15, 0.2) is 47.6 Å². The summed E-state index contributed by atoms with van der Waals surface area (Å²) in [6.07, 6.45) is -3.32. The summed E-state index contributed by atoms with van der Waals surface area (Å²) in [6.45, 7) is 1.37. The van der Waals surface area contributed by atoms with Crippen molar-refractivity contribution in [2.24, 2.45) is 0 Å². The number of anilines is 4. The molecule has 2 saturated heterocycles. The van der Waals surface area contributed by atoms with E-state index in [1.54, 1.807) is 11.8 Å². The van der Waals surface area contributed by atoms with E-state index in [0.717, 1.165) is 0 Å². The number of nitrogens with zero attached hydrogens (tertiary/aromatic N) is 4. The highest BCUT2D eigenvalue weighted by atomic mass is 32.2. The molecule has 15 heteroatoms. The predicted molar refractivity (Wildman–Crippen MR) is 138 cm³/mol. The number of piperidine rings is 1. The number of carbonyl (C=O) groups is 1. The molecular formula is C24H26F4N6O4S. The maximum absolute atomic E-state index is 13.3. The van der Waals surface area contributed by atoms with Crippen LogP contribution in [0.5, 0.6) is 0 Å². The standard InChI is InChI=1S/C24H26F4N6O4S/c1-14-10-20(31-24(29-14)34-12-16(13-34)22(27)28)30-23(36)18-3-2-17(32-39(37,38)9-8-35)11-19(18)33-6-4-15(5-7-33)21(25)26/h2-3,10-11,32,35H,4-9,12-13H2,1H3,(H,29,30,31,36). The van der Waals surface area contributed by atoms with E-state index < -0.39 is 40.5 Å². The Balaban J connectivity index is 1.61. The number of aryl methyl sites for hydroxylation is 1. The molecular weight excluding hydrogens is 544 g/mol. The molecule has 1 aromatic carbocycles. The number of benzene rings is 1. The Hall–Kier alpha value is -3.72. The van der Waals surface area contributed by atoms with E-state index in [0.29, 0.717) is 11.4 Å². The topological polar surface area (TPSA) is 128 Å². The molecule has 2 fully saturated rings. The zero-order valence-corrected chi connectivity index (χ0v) is 21.7.